The van der Waals surface area contributed by atoms with E-state index in [0.29, 0.717) is 11.8 Å². The molecule has 0 aromatic rings. The summed E-state index contributed by atoms with van der Waals surface area (Å²) in [4.78, 5) is 12.3. The van der Waals surface area contributed by atoms with Crippen molar-refractivity contribution in [3.05, 3.63) is 0 Å². The van der Waals surface area contributed by atoms with E-state index in [1.807, 2.05) is 20.8 Å². The maximum absolute atomic E-state index is 12.3. The predicted molar refractivity (Wildman–Crippen MR) is 72.4 cm³/mol. The summed E-state index contributed by atoms with van der Waals surface area (Å²) in [7, 11) is 0. The van der Waals surface area contributed by atoms with Gasteiger partial charge in [0, 0.05) is 5.92 Å². The molecule has 4 aliphatic rings. The molecule has 0 aromatic carbocycles. The largest absolute Gasteiger partial charge is 0.461 e. The second-order valence-electron chi connectivity index (χ2n) is 7.59. The van der Waals surface area contributed by atoms with Crippen molar-refractivity contribution in [3.8, 4) is 0 Å². The zero-order valence-corrected chi connectivity index (χ0v) is 12.3. The van der Waals surface area contributed by atoms with Crippen molar-refractivity contribution >= 4 is 5.97 Å². The zero-order valence-electron chi connectivity index (χ0n) is 12.3. The number of hydrogen-bond acceptors (Lipinski definition) is 3. The summed E-state index contributed by atoms with van der Waals surface area (Å²) in [6, 6.07) is 0. The van der Waals surface area contributed by atoms with E-state index in [4.69, 9.17) is 4.74 Å². The minimum absolute atomic E-state index is 0.0267. The Labute approximate surface area is 115 Å². The van der Waals surface area contributed by atoms with E-state index in [2.05, 4.69) is 0 Å². The van der Waals surface area contributed by atoms with Gasteiger partial charge in [0.15, 0.2) is 0 Å². The maximum Gasteiger partial charge on any atom is 0.311 e. The van der Waals surface area contributed by atoms with Crippen LogP contribution in [0.2, 0.25) is 0 Å². The molecule has 0 aromatic heterocycles. The van der Waals surface area contributed by atoms with Gasteiger partial charge < -0.3 is 9.84 Å². The Kier molecular flexibility index (Phi) is 3.16. The molecule has 108 valence electrons. The van der Waals surface area contributed by atoms with E-state index in [-0.39, 0.29) is 24.1 Å². The van der Waals surface area contributed by atoms with Crippen molar-refractivity contribution in [2.24, 2.45) is 29.1 Å². The summed E-state index contributed by atoms with van der Waals surface area (Å²) < 4.78 is 5.85. The van der Waals surface area contributed by atoms with E-state index >= 15 is 0 Å². The molecule has 6 atom stereocenters. The van der Waals surface area contributed by atoms with Crippen LogP contribution in [0.5, 0.6) is 0 Å². The number of rotatable bonds is 3. The average Bonchev–Trinajstić information content (AvgIpc) is 2.38. The lowest BCUT2D eigenvalue weighted by atomic mass is 9.53. The highest BCUT2D eigenvalue weighted by atomic mass is 16.5. The standard InChI is InChI=1S/C16H26O3/c1-4-16(2,3)15(18)19-14-11-6-9-5-10(8-11)13(17)12(14)7-9/h9-14,17H,4-8H2,1-3H3. The van der Waals surface area contributed by atoms with E-state index in [1.54, 1.807) is 0 Å². The number of carbonyl (C=O) groups is 1. The minimum atomic E-state index is -0.403. The van der Waals surface area contributed by atoms with Crippen molar-refractivity contribution in [2.45, 2.75) is 65.1 Å². The van der Waals surface area contributed by atoms with Crippen molar-refractivity contribution in [1.82, 2.24) is 0 Å². The van der Waals surface area contributed by atoms with Gasteiger partial charge in [0.2, 0.25) is 0 Å². The van der Waals surface area contributed by atoms with Crippen LogP contribution >= 0.6 is 0 Å². The molecule has 4 rings (SSSR count). The van der Waals surface area contributed by atoms with Crippen LogP contribution in [0.4, 0.5) is 0 Å². The Bertz CT molecular complexity index is 376. The molecular formula is C16H26O3. The van der Waals surface area contributed by atoms with Gasteiger partial charge in [-0.15, -0.1) is 0 Å². The number of aliphatic hydroxyl groups is 1. The Balaban J connectivity index is 1.73. The second kappa shape index (κ2) is 4.47. The lowest BCUT2D eigenvalue weighted by Crippen LogP contribution is -2.57. The van der Waals surface area contributed by atoms with Crippen LogP contribution in [-0.4, -0.2) is 23.3 Å². The first-order valence-electron chi connectivity index (χ1n) is 7.81. The highest BCUT2D eigenvalue weighted by Gasteiger charge is 2.55. The Hall–Kier alpha value is -0.570. The average molecular weight is 266 g/mol. The van der Waals surface area contributed by atoms with Crippen molar-refractivity contribution in [1.29, 1.82) is 0 Å². The first-order chi connectivity index (χ1) is 8.92. The molecule has 0 amide bonds. The topological polar surface area (TPSA) is 46.5 Å². The summed E-state index contributed by atoms with van der Waals surface area (Å²) in [5, 5.41) is 10.4. The highest BCUT2D eigenvalue weighted by molar-refractivity contribution is 5.76. The van der Waals surface area contributed by atoms with Crippen molar-refractivity contribution in [3.63, 3.8) is 0 Å². The molecule has 0 saturated heterocycles. The van der Waals surface area contributed by atoms with Crippen LogP contribution < -0.4 is 0 Å². The summed E-state index contributed by atoms with van der Waals surface area (Å²) in [6.45, 7) is 5.91. The van der Waals surface area contributed by atoms with Crippen LogP contribution in [0.1, 0.15) is 52.9 Å². The van der Waals surface area contributed by atoms with Gasteiger partial charge in [-0.05, 0) is 63.7 Å². The summed E-state index contributed by atoms with van der Waals surface area (Å²) in [5.41, 5.74) is -0.403. The van der Waals surface area contributed by atoms with Crippen LogP contribution in [-0.2, 0) is 9.53 Å². The molecule has 4 aliphatic carbocycles. The van der Waals surface area contributed by atoms with Gasteiger partial charge in [0.05, 0.1) is 11.5 Å². The molecule has 4 saturated carbocycles. The fourth-order valence-corrected chi connectivity index (χ4v) is 4.44. The third-order valence-electron chi connectivity index (χ3n) is 5.97. The Morgan fingerprint density at radius 3 is 2.58 bits per heavy atom. The third kappa shape index (κ3) is 2.10. The van der Waals surface area contributed by atoms with E-state index in [1.165, 1.54) is 12.8 Å². The second-order valence-corrected chi connectivity index (χ2v) is 7.59. The Morgan fingerprint density at radius 1 is 1.21 bits per heavy atom. The number of aliphatic hydroxyl groups excluding tert-OH is 1. The van der Waals surface area contributed by atoms with Gasteiger partial charge in [-0.2, -0.15) is 0 Å². The normalized spacial score (nSPS) is 44.4. The van der Waals surface area contributed by atoms with Crippen LogP contribution in [0, 0.1) is 29.1 Å². The first-order valence-corrected chi connectivity index (χ1v) is 7.81. The van der Waals surface area contributed by atoms with Gasteiger partial charge in [-0.3, -0.25) is 4.79 Å². The maximum atomic E-state index is 12.3. The number of esters is 1. The molecule has 4 fully saturated rings. The van der Waals surface area contributed by atoms with Gasteiger partial charge in [0.1, 0.15) is 6.10 Å². The molecule has 0 aliphatic heterocycles. The van der Waals surface area contributed by atoms with Gasteiger partial charge in [-0.25, -0.2) is 0 Å². The smallest absolute Gasteiger partial charge is 0.311 e. The fraction of sp³-hybridized carbons (Fsp3) is 0.938. The number of ether oxygens (including phenoxy) is 1. The van der Waals surface area contributed by atoms with Gasteiger partial charge >= 0.3 is 5.97 Å². The number of hydrogen-bond donors (Lipinski definition) is 1. The van der Waals surface area contributed by atoms with Gasteiger partial charge in [-0.1, -0.05) is 6.92 Å². The lowest BCUT2D eigenvalue weighted by Gasteiger charge is -2.56. The van der Waals surface area contributed by atoms with Crippen LogP contribution in [0.15, 0.2) is 0 Å². The predicted octanol–water partition coefficient (Wildman–Crippen LogP) is 2.76. The molecule has 0 spiro atoms. The zero-order chi connectivity index (χ0) is 13.8. The van der Waals surface area contributed by atoms with E-state index in [0.717, 1.165) is 25.2 Å². The van der Waals surface area contributed by atoms with Crippen molar-refractivity contribution in [2.75, 3.05) is 0 Å². The molecule has 0 radical (unpaired) electrons. The molecular weight excluding hydrogens is 240 g/mol. The number of carbonyl (C=O) groups excluding carboxylic acids is 1. The lowest BCUT2D eigenvalue weighted by molar-refractivity contribution is -0.199. The summed E-state index contributed by atoms with van der Waals surface area (Å²) in [6.07, 6.45) is 5.02. The summed E-state index contributed by atoms with van der Waals surface area (Å²) in [5.74, 6) is 1.86. The van der Waals surface area contributed by atoms with Gasteiger partial charge in [0.25, 0.3) is 0 Å². The fourth-order valence-electron chi connectivity index (χ4n) is 4.44. The van der Waals surface area contributed by atoms with Crippen molar-refractivity contribution < 1.29 is 14.6 Å². The minimum Gasteiger partial charge on any atom is -0.461 e. The molecule has 3 heteroatoms. The van der Waals surface area contributed by atoms with Crippen LogP contribution in [0.25, 0.3) is 0 Å². The molecule has 0 heterocycles. The molecule has 19 heavy (non-hydrogen) atoms. The van der Waals surface area contributed by atoms with E-state index < -0.39 is 5.41 Å². The molecule has 1 N–H and O–H groups in total. The third-order valence-corrected chi connectivity index (χ3v) is 5.97. The quantitative estimate of drug-likeness (QED) is 0.799. The molecule has 3 nitrogen and oxygen atoms in total. The first kappa shape index (κ1) is 13.4. The summed E-state index contributed by atoms with van der Waals surface area (Å²) >= 11 is 0. The van der Waals surface area contributed by atoms with E-state index in [9.17, 15) is 9.90 Å². The molecule has 6 unspecified atom stereocenters. The highest BCUT2D eigenvalue weighted by Crippen LogP contribution is 2.55. The Morgan fingerprint density at radius 2 is 1.89 bits per heavy atom. The van der Waals surface area contributed by atoms with Crippen LogP contribution in [0.3, 0.4) is 0 Å². The molecule has 4 bridgehead atoms. The monoisotopic (exact) mass is 266 g/mol. The SMILES string of the molecule is CCC(C)(C)C(=O)OC1C2CC3CC(C2)C(O)C1C3.